The molecule has 1 atom stereocenters. The predicted octanol–water partition coefficient (Wildman–Crippen LogP) is 2.59. The monoisotopic (exact) mass is 308 g/mol. The molecular weight excluding hydrogens is 293 g/mol. The molecule has 112 valence electrons. The van der Waals surface area contributed by atoms with E-state index in [1.54, 1.807) is 0 Å². The molecule has 20 heavy (non-hydrogen) atoms. The second-order valence-corrected chi connectivity index (χ2v) is 4.73. The van der Waals surface area contributed by atoms with E-state index in [4.69, 9.17) is 5.73 Å². The summed E-state index contributed by atoms with van der Waals surface area (Å²) in [6.07, 6.45) is -2.43. The molecule has 0 aromatic heterocycles. The van der Waals surface area contributed by atoms with Gasteiger partial charge in [-0.15, -0.1) is 12.4 Å². The van der Waals surface area contributed by atoms with E-state index in [1.807, 2.05) is 0 Å². The van der Waals surface area contributed by atoms with E-state index in [2.05, 4.69) is 5.32 Å². The fourth-order valence-corrected chi connectivity index (χ4v) is 1.96. The highest BCUT2D eigenvalue weighted by molar-refractivity contribution is 5.94. The topological polar surface area (TPSA) is 55.1 Å². The van der Waals surface area contributed by atoms with Crippen molar-refractivity contribution in [3.8, 4) is 0 Å². The number of carbonyl (C=O) groups is 1. The molecule has 0 aliphatic heterocycles. The van der Waals surface area contributed by atoms with Crippen LogP contribution in [0.4, 0.5) is 13.2 Å². The predicted molar refractivity (Wildman–Crippen MR) is 71.7 cm³/mol. The third kappa shape index (κ3) is 4.11. The molecule has 1 fully saturated rings. The van der Waals surface area contributed by atoms with E-state index in [9.17, 15) is 18.0 Å². The van der Waals surface area contributed by atoms with Gasteiger partial charge in [-0.2, -0.15) is 13.2 Å². The quantitative estimate of drug-likeness (QED) is 0.898. The lowest BCUT2D eigenvalue weighted by Crippen LogP contribution is -2.41. The zero-order chi connectivity index (χ0) is 14.0. The van der Waals surface area contributed by atoms with Crippen LogP contribution in [0, 0.1) is 5.92 Å². The number of hydrogen-bond donors (Lipinski definition) is 2. The highest BCUT2D eigenvalue weighted by atomic mass is 35.5. The van der Waals surface area contributed by atoms with Gasteiger partial charge in [0.15, 0.2) is 0 Å². The summed E-state index contributed by atoms with van der Waals surface area (Å²) in [7, 11) is 0. The molecule has 0 bridgehead atoms. The molecule has 0 saturated heterocycles. The lowest BCUT2D eigenvalue weighted by atomic mass is 10.1. The summed E-state index contributed by atoms with van der Waals surface area (Å²) in [5.74, 6) is -0.145. The molecule has 3 N–H and O–H groups in total. The Morgan fingerprint density at radius 2 is 2.05 bits per heavy atom. The molecule has 3 nitrogen and oxygen atoms in total. The van der Waals surface area contributed by atoms with Crippen LogP contribution in [-0.4, -0.2) is 18.5 Å². The zero-order valence-electron chi connectivity index (χ0n) is 10.6. The van der Waals surface area contributed by atoms with Crippen molar-refractivity contribution in [2.75, 3.05) is 6.54 Å². The van der Waals surface area contributed by atoms with Crippen LogP contribution in [0.1, 0.15) is 28.8 Å². The Bertz CT molecular complexity index is 475. The van der Waals surface area contributed by atoms with Crippen molar-refractivity contribution in [3.63, 3.8) is 0 Å². The summed E-state index contributed by atoms with van der Waals surface area (Å²) >= 11 is 0. The van der Waals surface area contributed by atoms with Crippen LogP contribution in [0.15, 0.2) is 24.3 Å². The molecule has 0 heterocycles. The summed E-state index contributed by atoms with van der Waals surface area (Å²) < 4.78 is 37.6. The highest BCUT2D eigenvalue weighted by Crippen LogP contribution is 2.32. The zero-order valence-corrected chi connectivity index (χ0v) is 11.4. The Hall–Kier alpha value is -1.27. The van der Waals surface area contributed by atoms with Crippen molar-refractivity contribution < 1.29 is 18.0 Å². The Morgan fingerprint density at radius 1 is 1.40 bits per heavy atom. The molecule has 1 unspecified atom stereocenters. The molecule has 1 amide bonds. The van der Waals surface area contributed by atoms with E-state index in [0.29, 0.717) is 12.5 Å². The largest absolute Gasteiger partial charge is 0.416 e. The molecule has 1 aliphatic rings. The van der Waals surface area contributed by atoms with Gasteiger partial charge in [-0.05, 0) is 37.0 Å². The Kier molecular flexibility index (Phi) is 5.42. The molecule has 2 rings (SSSR count). The van der Waals surface area contributed by atoms with Gasteiger partial charge in [0.1, 0.15) is 0 Å². The van der Waals surface area contributed by atoms with Crippen molar-refractivity contribution in [2.24, 2.45) is 11.7 Å². The summed E-state index contributed by atoms with van der Waals surface area (Å²) in [6, 6.07) is 4.24. The minimum atomic E-state index is -4.44. The fraction of sp³-hybridized carbons (Fsp3) is 0.462. The molecule has 1 aliphatic carbocycles. The molecule has 0 radical (unpaired) electrons. The Morgan fingerprint density at radius 3 is 2.55 bits per heavy atom. The van der Waals surface area contributed by atoms with Crippen molar-refractivity contribution in [1.82, 2.24) is 5.32 Å². The minimum absolute atomic E-state index is 0. The maximum atomic E-state index is 12.5. The van der Waals surface area contributed by atoms with Gasteiger partial charge in [-0.3, -0.25) is 4.79 Å². The van der Waals surface area contributed by atoms with Crippen LogP contribution in [0.3, 0.4) is 0 Å². The molecular formula is C13H16ClF3N2O. The molecule has 1 saturated carbocycles. The van der Waals surface area contributed by atoms with Crippen molar-refractivity contribution >= 4 is 18.3 Å². The first kappa shape index (κ1) is 16.8. The van der Waals surface area contributed by atoms with Gasteiger partial charge in [0.05, 0.1) is 5.56 Å². The summed E-state index contributed by atoms with van der Waals surface area (Å²) in [5.41, 5.74) is 4.73. The van der Waals surface area contributed by atoms with E-state index >= 15 is 0 Å². The van der Waals surface area contributed by atoms with Crippen molar-refractivity contribution in [2.45, 2.75) is 25.1 Å². The molecule has 1 aromatic rings. The third-order valence-corrected chi connectivity index (χ3v) is 3.21. The number of benzene rings is 1. The van der Waals surface area contributed by atoms with E-state index < -0.39 is 17.6 Å². The third-order valence-electron chi connectivity index (χ3n) is 3.21. The molecule has 7 heteroatoms. The fourth-order valence-electron chi connectivity index (χ4n) is 1.96. The number of nitrogens with one attached hydrogen (secondary N) is 1. The van der Waals surface area contributed by atoms with Crippen molar-refractivity contribution in [3.05, 3.63) is 35.4 Å². The number of carbonyl (C=O) groups excluding carboxylic acids is 1. The van der Waals surface area contributed by atoms with E-state index in [-0.39, 0.29) is 24.0 Å². The van der Waals surface area contributed by atoms with E-state index in [1.165, 1.54) is 12.1 Å². The smallest absolute Gasteiger partial charge is 0.348 e. The lowest BCUT2D eigenvalue weighted by Gasteiger charge is -2.16. The summed E-state index contributed by atoms with van der Waals surface area (Å²) in [6.45, 7) is 0.301. The number of amides is 1. The van der Waals surface area contributed by atoms with Crippen LogP contribution >= 0.6 is 12.4 Å². The number of rotatable bonds is 4. The van der Waals surface area contributed by atoms with Gasteiger partial charge in [0, 0.05) is 18.2 Å². The molecule has 0 spiro atoms. The average molecular weight is 309 g/mol. The van der Waals surface area contributed by atoms with Gasteiger partial charge in [0.25, 0.3) is 5.91 Å². The average Bonchev–Trinajstić information content (AvgIpc) is 3.19. The number of hydrogen-bond acceptors (Lipinski definition) is 2. The normalized spacial score (nSPS) is 16.2. The number of nitrogens with two attached hydrogens (primary N) is 1. The van der Waals surface area contributed by atoms with E-state index in [0.717, 1.165) is 25.0 Å². The first-order chi connectivity index (χ1) is 8.91. The summed E-state index contributed by atoms with van der Waals surface area (Å²) in [5, 5.41) is 2.69. The van der Waals surface area contributed by atoms with Gasteiger partial charge in [0.2, 0.25) is 0 Å². The van der Waals surface area contributed by atoms with Crippen LogP contribution in [0.5, 0.6) is 0 Å². The second-order valence-electron chi connectivity index (χ2n) is 4.73. The van der Waals surface area contributed by atoms with Gasteiger partial charge in [-0.25, -0.2) is 0 Å². The molecule has 1 aromatic carbocycles. The summed E-state index contributed by atoms with van der Waals surface area (Å²) in [4.78, 5) is 11.9. The lowest BCUT2D eigenvalue weighted by molar-refractivity contribution is -0.137. The van der Waals surface area contributed by atoms with Gasteiger partial charge < -0.3 is 11.1 Å². The first-order valence-corrected chi connectivity index (χ1v) is 6.10. The van der Waals surface area contributed by atoms with Gasteiger partial charge in [-0.1, -0.05) is 6.07 Å². The number of halogens is 4. The van der Waals surface area contributed by atoms with Crippen LogP contribution in [0.25, 0.3) is 0 Å². The maximum absolute atomic E-state index is 12.5. The van der Waals surface area contributed by atoms with Crippen molar-refractivity contribution in [1.29, 1.82) is 0 Å². The van der Waals surface area contributed by atoms with Crippen LogP contribution < -0.4 is 11.1 Å². The minimum Gasteiger partial charge on any atom is -0.348 e. The Labute approximate surface area is 121 Å². The van der Waals surface area contributed by atoms with Crippen LogP contribution in [0.2, 0.25) is 0 Å². The van der Waals surface area contributed by atoms with Gasteiger partial charge >= 0.3 is 6.18 Å². The SMILES string of the molecule is Cl.NCC(NC(=O)c1cccc(C(F)(F)F)c1)C1CC1. The standard InChI is InChI=1S/C13H15F3N2O.ClH/c14-13(15,16)10-3-1-2-9(6-10)12(19)18-11(7-17)8-4-5-8;/h1-3,6,8,11H,4-5,7,17H2,(H,18,19);1H. The Balaban J connectivity index is 0.00000200. The first-order valence-electron chi connectivity index (χ1n) is 6.10. The number of alkyl halides is 3. The highest BCUT2D eigenvalue weighted by Gasteiger charge is 2.33. The van der Waals surface area contributed by atoms with Crippen LogP contribution in [-0.2, 0) is 6.18 Å². The second kappa shape index (κ2) is 6.45. The maximum Gasteiger partial charge on any atom is 0.416 e.